The van der Waals surface area contributed by atoms with Gasteiger partial charge in [-0.1, -0.05) is 18.5 Å². The standard InChI is InChI=1S/C16H16ClNOS/c1-3-12-5-7-15(20-12)16(18-2)14-9-10-8-11(17)4-6-13(10)19-14/h4-9,16,18H,3H2,1-2H3. The van der Waals surface area contributed by atoms with E-state index in [0.717, 1.165) is 28.2 Å². The van der Waals surface area contributed by atoms with Crippen LogP contribution in [0.5, 0.6) is 0 Å². The molecule has 4 heteroatoms. The molecule has 1 aromatic carbocycles. The maximum atomic E-state index is 6.03. The predicted molar refractivity (Wildman–Crippen MR) is 85.8 cm³/mol. The van der Waals surface area contributed by atoms with Gasteiger partial charge in [-0.05, 0) is 49.9 Å². The zero-order valence-electron chi connectivity index (χ0n) is 11.4. The van der Waals surface area contributed by atoms with E-state index in [1.165, 1.54) is 9.75 Å². The second-order valence-electron chi connectivity index (χ2n) is 4.71. The number of furan rings is 1. The highest BCUT2D eigenvalue weighted by molar-refractivity contribution is 7.12. The summed E-state index contributed by atoms with van der Waals surface area (Å²) in [5.74, 6) is 0.925. The van der Waals surface area contributed by atoms with Crippen LogP contribution in [0.1, 0.15) is 28.5 Å². The number of hydrogen-bond donors (Lipinski definition) is 1. The number of benzene rings is 1. The Morgan fingerprint density at radius 2 is 2.10 bits per heavy atom. The minimum Gasteiger partial charge on any atom is -0.459 e. The molecule has 1 N–H and O–H groups in total. The van der Waals surface area contributed by atoms with Crippen molar-refractivity contribution in [3.8, 4) is 0 Å². The highest BCUT2D eigenvalue weighted by Gasteiger charge is 2.18. The third kappa shape index (κ3) is 2.49. The van der Waals surface area contributed by atoms with Gasteiger partial charge in [0.05, 0.1) is 0 Å². The largest absolute Gasteiger partial charge is 0.459 e. The summed E-state index contributed by atoms with van der Waals surface area (Å²) in [4.78, 5) is 2.66. The minimum atomic E-state index is 0.0893. The van der Waals surface area contributed by atoms with E-state index in [1.807, 2.05) is 36.6 Å². The van der Waals surface area contributed by atoms with Gasteiger partial charge in [-0.15, -0.1) is 11.3 Å². The summed E-state index contributed by atoms with van der Waals surface area (Å²) in [6.45, 7) is 2.17. The molecule has 104 valence electrons. The molecule has 0 amide bonds. The van der Waals surface area contributed by atoms with Crippen LogP contribution >= 0.6 is 22.9 Å². The van der Waals surface area contributed by atoms with E-state index in [-0.39, 0.29) is 6.04 Å². The zero-order valence-corrected chi connectivity index (χ0v) is 13.0. The Bertz CT molecular complexity index is 731. The van der Waals surface area contributed by atoms with Crippen LogP contribution in [-0.4, -0.2) is 7.05 Å². The van der Waals surface area contributed by atoms with Crippen molar-refractivity contribution in [2.75, 3.05) is 7.05 Å². The van der Waals surface area contributed by atoms with Crippen molar-refractivity contribution in [2.45, 2.75) is 19.4 Å². The summed E-state index contributed by atoms with van der Waals surface area (Å²) in [5.41, 5.74) is 0.872. The summed E-state index contributed by atoms with van der Waals surface area (Å²) in [5, 5.41) is 5.10. The summed E-state index contributed by atoms with van der Waals surface area (Å²) in [6.07, 6.45) is 1.07. The van der Waals surface area contributed by atoms with Gasteiger partial charge in [0.15, 0.2) is 0 Å². The normalized spacial score (nSPS) is 12.9. The molecule has 2 nitrogen and oxygen atoms in total. The molecule has 1 unspecified atom stereocenters. The van der Waals surface area contributed by atoms with Gasteiger partial charge in [-0.3, -0.25) is 0 Å². The van der Waals surface area contributed by atoms with Gasteiger partial charge in [0, 0.05) is 20.2 Å². The fourth-order valence-electron chi connectivity index (χ4n) is 2.34. The molecular formula is C16H16ClNOS. The Kier molecular flexibility index (Phi) is 3.83. The molecule has 2 heterocycles. The Hall–Kier alpha value is -1.29. The van der Waals surface area contributed by atoms with Crippen molar-refractivity contribution in [2.24, 2.45) is 0 Å². The zero-order chi connectivity index (χ0) is 14.1. The van der Waals surface area contributed by atoms with Gasteiger partial charge in [0.2, 0.25) is 0 Å². The molecule has 0 bridgehead atoms. The van der Waals surface area contributed by atoms with Crippen LogP contribution in [-0.2, 0) is 6.42 Å². The third-order valence-corrected chi connectivity index (χ3v) is 4.92. The Morgan fingerprint density at radius 3 is 2.80 bits per heavy atom. The summed E-state index contributed by atoms with van der Waals surface area (Å²) in [6, 6.07) is 12.2. The number of thiophene rings is 1. The first kappa shape index (κ1) is 13.7. The molecule has 0 spiro atoms. The smallest absolute Gasteiger partial charge is 0.134 e. The van der Waals surface area contributed by atoms with Gasteiger partial charge in [0.1, 0.15) is 17.4 Å². The summed E-state index contributed by atoms with van der Waals surface area (Å²) in [7, 11) is 1.95. The van der Waals surface area contributed by atoms with E-state index in [0.29, 0.717) is 0 Å². The molecule has 0 radical (unpaired) electrons. The second-order valence-corrected chi connectivity index (χ2v) is 6.35. The monoisotopic (exact) mass is 305 g/mol. The van der Waals surface area contributed by atoms with Crippen molar-refractivity contribution < 1.29 is 4.42 Å². The number of rotatable bonds is 4. The lowest BCUT2D eigenvalue weighted by Crippen LogP contribution is -2.15. The van der Waals surface area contributed by atoms with Gasteiger partial charge in [-0.2, -0.15) is 0 Å². The fraction of sp³-hybridized carbons (Fsp3) is 0.250. The first-order valence-corrected chi connectivity index (χ1v) is 7.85. The molecule has 3 aromatic rings. The van der Waals surface area contributed by atoms with Crippen LogP contribution in [0.2, 0.25) is 5.02 Å². The van der Waals surface area contributed by atoms with Crippen LogP contribution in [0.15, 0.2) is 40.8 Å². The molecule has 3 rings (SSSR count). The molecule has 0 aliphatic carbocycles. The number of nitrogens with one attached hydrogen (secondary N) is 1. The van der Waals surface area contributed by atoms with Crippen LogP contribution in [0.4, 0.5) is 0 Å². The van der Waals surface area contributed by atoms with E-state index in [4.69, 9.17) is 16.0 Å². The van der Waals surface area contributed by atoms with Crippen LogP contribution < -0.4 is 5.32 Å². The molecule has 2 aromatic heterocycles. The Morgan fingerprint density at radius 1 is 1.25 bits per heavy atom. The van der Waals surface area contributed by atoms with E-state index < -0.39 is 0 Å². The highest BCUT2D eigenvalue weighted by atomic mass is 35.5. The molecule has 0 aliphatic heterocycles. The molecule has 0 saturated heterocycles. The lowest BCUT2D eigenvalue weighted by atomic mass is 10.1. The topological polar surface area (TPSA) is 25.2 Å². The average molecular weight is 306 g/mol. The lowest BCUT2D eigenvalue weighted by Gasteiger charge is -2.11. The molecule has 0 fully saturated rings. The predicted octanol–water partition coefficient (Wildman–Crippen LogP) is 5.02. The highest BCUT2D eigenvalue weighted by Crippen LogP contribution is 2.32. The number of aryl methyl sites for hydroxylation is 1. The molecular weight excluding hydrogens is 290 g/mol. The Balaban J connectivity index is 2.02. The molecule has 0 aliphatic rings. The molecule has 1 atom stereocenters. The van der Waals surface area contributed by atoms with Crippen molar-refractivity contribution in [3.05, 3.63) is 56.9 Å². The van der Waals surface area contributed by atoms with E-state index >= 15 is 0 Å². The quantitative estimate of drug-likeness (QED) is 0.732. The Labute approximate surface area is 127 Å². The van der Waals surface area contributed by atoms with Crippen LogP contribution in [0.25, 0.3) is 11.0 Å². The van der Waals surface area contributed by atoms with Gasteiger partial charge < -0.3 is 9.73 Å². The molecule has 20 heavy (non-hydrogen) atoms. The summed E-state index contributed by atoms with van der Waals surface area (Å²) < 4.78 is 5.96. The number of halogens is 1. The fourth-order valence-corrected chi connectivity index (χ4v) is 3.59. The van der Waals surface area contributed by atoms with E-state index in [9.17, 15) is 0 Å². The van der Waals surface area contributed by atoms with Gasteiger partial charge >= 0.3 is 0 Å². The SMILES string of the molecule is CCc1ccc(C(NC)c2cc3cc(Cl)ccc3o2)s1. The molecule has 0 saturated carbocycles. The lowest BCUT2D eigenvalue weighted by molar-refractivity contribution is 0.495. The van der Waals surface area contributed by atoms with Crippen molar-refractivity contribution in [1.29, 1.82) is 0 Å². The van der Waals surface area contributed by atoms with Crippen LogP contribution in [0, 0.1) is 0 Å². The van der Waals surface area contributed by atoms with Crippen molar-refractivity contribution in [1.82, 2.24) is 5.32 Å². The first-order chi connectivity index (χ1) is 9.71. The maximum absolute atomic E-state index is 6.03. The average Bonchev–Trinajstić information content (AvgIpc) is 3.06. The number of fused-ring (bicyclic) bond motifs is 1. The second kappa shape index (κ2) is 5.60. The van der Waals surface area contributed by atoms with E-state index in [1.54, 1.807) is 0 Å². The minimum absolute atomic E-state index is 0.0893. The van der Waals surface area contributed by atoms with Crippen LogP contribution in [0.3, 0.4) is 0 Å². The summed E-state index contributed by atoms with van der Waals surface area (Å²) >= 11 is 7.85. The van der Waals surface area contributed by atoms with E-state index in [2.05, 4.69) is 30.4 Å². The third-order valence-electron chi connectivity index (χ3n) is 3.39. The van der Waals surface area contributed by atoms with Gasteiger partial charge in [0.25, 0.3) is 0 Å². The number of hydrogen-bond acceptors (Lipinski definition) is 3. The van der Waals surface area contributed by atoms with Gasteiger partial charge in [-0.25, -0.2) is 0 Å². The maximum Gasteiger partial charge on any atom is 0.134 e. The van der Waals surface area contributed by atoms with Crippen molar-refractivity contribution in [3.63, 3.8) is 0 Å². The first-order valence-electron chi connectivity index (χ1n) is 6.66. The van der Waals surface area contributed by atoms with Crippen molar-refractivity contribution >= 4 is 33.9 Å².